The fourth-order valence-corrected chi connectivity index (χ4v) is 1.78. The molecule has 0 radical (unpaired) electrons. The second-order valence-electron chi connectivity index (χ2n) is 5.16. The molecule has 2 rings (SSSR count). The van der Waals surface area contributed by atoms with Gasteiger partial charge in [0.15, 0.2) is 6.61 Å². The molecule has 0 spiro atoms. The van der Waals surface area contributed by atoms with Crippen molar-refractivity contribution in [1.29, 1.82) is 0 Å². The van der Waals surface area contributed by atoms with Crippen LogP contribution in [-0.2, 0) is 4.84 Å². The minimum absolute atomic E-state index is 0.0558. The maximum Gasteiger partial charge on any atom is 0.278 e. The van der Waals surface area contributed by atoms with Gasteiger partial charge in [0.05, 0.1) is 0 Å². The Hall–Kier alpha value is -2.84. The fourth-order valence-electron chi connectivity index (χ4n) is 1.78. The first kappa shape index (κ1) is 18.5. The summed E-state index contributed by atoms with van der Waals surface area (Å²) >= 11 is 0. The van der Waals surface area contributed by atoms with Crippen LogP contribution in [-0.4, -0.2) is 39.6 Å². The van der Waals surface area contributed by atoms with E-state index in [1.807, 2.05) is 0 Å². The highest BCUT2D eigenvalue weighted by Crippen LogP contribution is 2.21. The number of ether oxygens (including phenoxy) is 1. The minimum atomic E-state index is -2.94. The lowest BCUT2D eigenvalue weighted by atomic mass is 10.1. The maximum atomic E-state index is 14.6. The van der Waals surface area contributed by atoms with Gasteiger partial charge in [-0.3, -0.25) is 0 Å². The highest BCUT2D eigenvalue weighted by atomic mass is 19.3. The van der Waals surface area contributed by atoms with E-state index in [1.165, 1.54) is 43.0 Å². The zero-order valence-corrected chi connectivity index (χ0v) is 13.5. The van der Waals surface area contributed by atoms with E-state index in [4.69, 9.17) is 9.57 Å². The van der Waals surface area contributed by atoms with Gasteiger partial charge in [-0.1, -0.05) is 17.8 Å². The normalized spacial score (nSPS) is 13.4. The number of rotatable bonds is 9. The van der Waals surface area contributed by atoms with Gasteiger partial charge in [0.25, 0.3) is 5.92 Å². The summed E-state index contributed by atoms with van der Waals surface area (Å²) in [5, 5.41) is 7.51. The summed E-state index contributed by atoms with van der Waals surface area (Å²) in [5.41, 5.74) is 0.322. The van der Waals surface area contributed by atoms with E-state index < -0.39 is 18.8 Å². The maximum absolute atomic E-state index is 14.6. The van der Waals surface area contributed by atoms with E-state index in [-0.39, 0.29) is 18.1 Å². The van der Waals surface area contributed by atoms with Crippen molar-refractivity contribution in [2.45, 2.75) is 19.1 Å². The molecule has 6 nitrogen and oxygen atoms in total. The molecule has 0 aliphatic carbocycles. The molecule has 1 unspecified atom stereocenters. The molecule has 2 aromatic rings. The molecule has 0 fully saturated rings. The zero-order valence-electron chi connectivity index (χ0n) is 13.5. The van der Waals surface area contributed by atoms with Crippen LogP contribution in [0, 0.1) is 0 Å². The van der Waals surface area contributed by atoms with Gasteiger partial charge < -0.3 is 9.57 Å². The standard InChI is InChI=1S/C16H17F3N4O2/c1-3-8-25-22-14(15(17)23-11-20-10-21-23)12-4-6-13(7-5-12)24-9-16(2,18)19/h3-7,10-11,15H,1,8-9H2,2H3. The van der Waals surface area contributed by atoms with Crippen molar-refractivity contribution in [3.05, 3.63) is 55.1 Å². The summed E-state index contributed by atoms with van der Waals surface area (Å²) in [6.07, 6.45) is 2.12. The monoisotopic (exact) mass is 354 g/mol. The third kappa shape index (κ3) is 5.63. The number of hydrogen-bond acceptors (Lipinski definition) is 5. The first-order valence-electron chi connectivity index (χ1n) is 7.30. The first-order chi connectivity index (χ1) is 11.9. The molecule has 1 aromatic heterocycles. The number of aromatic nitrogens is 3. The summed E-state index contributed by atoms with van der Waals surface area (Å²) in [4.78, 5) is 8.66. The number of nitrogens with zero attached hydrogens (tertiary/aromatic N) is 4. The van der Waals surface area contributed by atoms with E-state index in [1.54, 1.807) is 0 Å². The van der Waals surface area contributed by atoms with Gasteiger partial charge in [-0.05, 0) is 24.3 Å². The van der Waals surface area contributed by atoms with Crippen molar-refractivity contribution in [3.63, 3.8) is 0 Å². The smallest absolute Gasteiger partial charge is 0.278 e. The molecule has 0 amide bonds. The van der Waals surface area contributed by atoms with Crippen molar-refractivity contribution in [3.8, 4) is 5.75 Å². The molecular weight excluding hydrogens is 337 g/mol. The van der Waals surface area contributed by atoms with E-state index in [0.29, 0.717) is 5.56 Å². The average molecular weight is 354 g/mol. The Morgan fingerprint density at radius 3 is 2.68 bits per heavy atom. The zero-order chi connectivity index (χ0) is 18.3. The summed E-state index contributed by atoms with van der Waals surface area (Å²) < 4.78 is 46.2. The predicted octanol–water partition coefficient (Wildman–Crippen LogP) is 3.39. The van der Waals surface area contributed by atoms with E-state index >= 15 is 0 Å². The molecule has 0 aliphatic heterocycles. The molecule has 0 saturated carbocycles. The van der Waals surface area contributed by atoms with Crippen LogP contribution in [0.3, 0.4) is 0 Å². The second-order valence-corrected chi connectivity index (χ2v) is 5.16. The molecular formula is C16H17F3N4O2. The SMILES string of the molecule is C=CCON=C(c1ccc(OCC(C)(F)F)cc1)C(F)n1cncn1. The molecule has 1 heterocycles. The highest BCUT2D eigenvalue weighted by molar-refractivity contribution is 6.02. The van der Waals surface area contributed by atoms with Gasteiger partial charge in [-0.2, -0.15) is 5.10 Å². The molecule has 0 saturated heterocycles. The molecule has 0 aliphatic rings. The van der Waals surface area contributed by atoms with Gasteiger partial charge in [0.1, 0.15) is 30.7 Å². The van der Waals surface area contributed by atoms with E-state index in [2.05, 4.69) is 21.8 Å². The second kappa shape index (κ2) is 8.32. The van der Waals surface area contributed by atoms with Crippen LogP contribution < -0.4 is 4.74 Å². The lowest BCUT2D eigenvalue weighted by molar-refractivity contribution is -0.0229. The Morgan fingerprint density at radius 1 is 1.40 bits per heavy atom. The predicted molar refractivity (Wildman–Crippen MR) is 85.4 cm³/mol. The van der Waals surface area contributed by atoms with Crippen molar-refractivity contribution in [2.24, 2.45) is 5.16 Å². The Balaban J connectivity index is 2.19. The number of hydrogen-bond donors (Lipinski definition) is 0. The average Bonchev–Trinajstić information content (AvgIpc) is 3.11. The van der Waals surface area contributed by atoms with Crippen molar-refractivity contribution in [2.75, 3.05) is 13.2 Å². The fraction of sp³-hybridized carbons (Fsp3) is 0.312. The molecule has 1 aromatic carbocycles. The van der Waals surface area contributed by atoms with Gasteiger partial charge >= 0.3 is 0 Å². The highest BCUT2D eigenvalue weighted by Gasteiger charge is 2.23. The molecule has 0 bridgehead atoms. The summed E-state index contributed by atoms with van der Waals surface area (Å²) in [5.74, 6) is -2.71. The van der Waals surface area contributed by atoms with Crippen molar-refractivity contribution in [1.82, 2.24) is 14.8 Å². The molecule has 1 atom stereocenters. The van der Waals surface area contributed by atoms with Crippen LogP contribution in [0.1, 0.15) is 18.8 Å². The van der Waals surface area contributed by atoms with Crippen LogP contribution in [0.2, 0.25) is 0 Å². The van der Waals surface area contributed by atoms with Crippen molar-refractivity contribution >= 4 is 5.71 Å². The van der Waals surface area contributed by atoms with Gasteiger partial charge in [0.2, 0.25) is 6.30 Å². The van der Waals surface area contributed by atoms with Gasteiger partial charge in [-0.15, -0.1) is 0 Å². The quantitative estimate of drug-likeness (QED) is 0.300. The van der Waals surface area contributed by atoms with Crippen LogP contribution in [0.15, 0.2) is 54.7 Å². The van der Waals surface area contributed by atoms with Crippen LogP contribution >= 0.6 is 0 Å². The Bertz CT molecular complexity index is 697. The van der Waals surface area contributed by atoms with E-state index in [9.17, 15) is 13.2 Å². The number of alkyl halides is 3. The molecule has 0 N–H and O–H groups in total. The lowest BCUT2D eigenvalue weighted by Gasteiger charge is -2.14. The largest absolute Gasteiger partial charge is 0.487 e. The third-order valence-electron chi connectivity index (χ3n) is 2.89. The lowest BCUT2D eigenvalue weighted by Crippen LogP contribution is -2.21. The molecule has 9 heteroatoms. The number of oxime groups is 1. The first-order valence-corrected chi connectivity index (χ1v) is 7.30. The summed E-state index contributed by atoms with van der Waals surface area (Å²) in [6.45, 7) is 3.59. The Labute approximate surface area is 142 Å². The van der Waals surface area contributed by atoms with Gasteiger partial charge in [-0.25, -0.2) is 22.8 Å². The number of benzene rings is 1. The van der Waals surface area contributed by atoms with Crippen LogP contribution in [0.4, 0.5) is 13.2 Å². The Kier molecular flexibility index (Phi) is 6.15. The molecule has 134 valence electrons. The topological polar surface area (TPSA) is 61.5 Å². The summed E-state index contributed by atoms with van der Waals surface area (Å²) in [7, 11) is 0. The van der Waals surface area contributed by atoms with Crippen LogP contribution in [0.5, 0.6) is 5.75 Å². The summed E-state index contributed by atoms with van der Waals surface area (Å²) in [6, 6.07) is 5.86. The minimum Gasteiger partial charge on any atom is -0.487 e. The van der Waals surface area contributed by atoms with Crippen molar-refractivity contribution < 1.29 is 22.7 Å². The molecule has 25 heavy (non-hydrogen) atoms. The van der Waals surface area contributed by atoms with Crippen LogP contribution in [0.25, 0.3) is 0 Å². The Morgan fingerprint density at radius 2 is 2.12 bits per heavy atom. The third-order valence-corrected chi connectivity index (χ3v) is 2.89. The van der Waals surface area contributed by atoms with Gasteiger partial charge in [0, 0.05) is 12.5 Å². The number of halogens is 3. The van der Waals surface area contributed by atoms with E-state index in [0.717, 1.165) is 11.6 Å².